The SMILES string of the molecule is COc1ccccc1-c1ncc(CN2CCCCC2CCn2cccn2)cn1. The van der Waals surface area contributed by atoms with E-state index < -0.39 is 0 Å². The van der Waals surface area contributed by atoms with Crippen LogP contribution in [-0.2, 0) is 13.1 Å². The topological polar surface area (TPSA) is 56.1 Å². The van der Waals surface area contributed by atoms with Crippen LogP contribution < -0.4 is 4.74 Å². The van der Waals surface area contributed by atoms with Crippen molar-refractivity contribution in [2.45, 2.75) is 44.8 Å². The molecule has 0 bridgehead atoms. The molecule has 2 aromatic heterocycles. The Hall–Kier alpha value is -2.73. The highest BCUT2D eigenvalue weighted by Gasteiger charge is 2.22. The number of hydrogen-bond acceptors (Lipinski definition) is 5. The van der Waals surface area contributed by atoms with Crippen LogP contribution in [0.5, 0.6) is 5.75 Å². The molecule has 6 nitrogen and oxygen atoms in total. The Morgan fingerprint density at radius 1 is 1.11 bits per heavy atom. The number of ether oxygens (including phenoxy) is 1. The summed E-state index contributed by atoms with van der Waals surface area (Å²) in [5.41, 5.74) is 2.08. The lowest BCUT2D eigenvalue weighted by molar-refractivity contribution is 0.127. The second-order valence-corrected chi connectivity index (χ2v) is 7.29. The Morgan fingerprint density at radius 3 is 2.75 bits per heavy atom. The highest BCUT2D eigenvalue weighted by Crippen LogP contribution is 2.27. The van der Waals surface area contributed by atoms with Crippen molar-refractivity contribution in [3.63, 3.8) is 0 Å². The summed E-state index contributed by atoms with van der Waals surface area (Å²) in [4.78, 5) is 11.8. The van der Waals surface area contributed by atoms with E-state index in [1.165, 1.54) is 19.3 Å². The fourth-order valence-electron chi connectivity index (χ4n) is 3.95. The molecule has 1 aliphatic heterocycles. The number of benzene rings is 1. The van der Waals surface area contributed by atoms with Gasteiger partial charge >= 0.3 is 0 Å². The van der Waals surface area contributed by atoms with Crippen LogP contribution in [0.25, 0.3) is 11.4 Å². The van der Waals surface area contributed by atoms with Gasteiger partial charge in [-0.15, -0.1) is 0 Å². The van der Waals surface area contributed by atoms with Gasteiger partial charge in [0.05, 0.1) is 12.7 Å². The molecule has 1 unspecified atom stereocenters. The van der Waals surface area contributed by atoms with E-state index in [9.17, 15) is 0 Å². The average molecular weight is 377 g/mol. The number of methoxy groups -OCH3 is 1. The van der Waals surface area contributed by atoms with Gasteiger partial charge in [0.2, 0.25) is 0 Å². The van der Waals surface area contributed by atoms with Crippen LogP contribution in [-0.4, -0.2) is 44.3 Å². The Kier molecular flexibility index (Phi) is 5.97. The van der Waals surface area contributed by atoms with Gasteiger partial charge in [0, 0.05) is 49.5 Å². The van der Waals surface area contributed by atoms with Crippen molar-refractivity contribution in [1.29, 1.82) is 0 Å². The molecule has 0 radical (unpaired) electrons. The van der Waals surface area contributed by atoms with E-state index in [1.54, 1.807) is 7.11 Å². The lowest BCUT2D eigenvalue weighted by Gasteiger charge is -2.35. The van der Waals surface area contributed by atoms with Gasteiger partial charge in [-0.1, -0.05) is 18.6 Å². The summed E-state index contributed by atoms with van der Waals surface area (Å²) >= 11 is 0. The number of hydrogen-bond donors (Lipinski definition) is 0. The van der Waals surface area contributed by atoms with Gasteiger partial charge < -0.3 is 4.74 Å². The molecular weight excluding hydrogens is 350 g/mol. The number of aryl methyl sites for hydroxylation is 1. The van der Waals surface area contributed by atoms with Gasteiger partial charge in [-0.25, -0.2) is 9.97 Å². The maximum absolute atomic E-state index is 5.43. The van der Waals surface area contributed by atoms with Crippen molar-refractivity contribution < 1.29 is 4.74 Å². The second-order valence-electron chi connectivity index (χ2n) is 7.29. The fourth-order valence-corrected chi connectivity index (χ4v) is 3.95. The molecule has 0 saturated carbocycles. The number of nitrogens with zero attached hydrogens (tertiary/aromatic N) is 5. The molecule has 0 N–H and O–H groups in total. The summed E-state index contributed by atoms with van der Waals surface area (Å²) in [5.74, 6) is 1.50. The first kappa shape index (κ1) is 18.6. The molecule has 1 fully saturated rings. The smallest absolute Gasteiger partial charge is 0.162 e. The van der Waals surface area contributed by atoms with Crippen LogP contribution in [0.15, 0.2) is 55.1 Å². The van der Waals surface area contributed by atoms with Gasteiger partial charge in [0.25, 0.3) is 0 Å². The number of likely N-dealkylation sites (tertiary alicyclic amines) is 1. The Bertz CT molecular complexity index is 863. The third-order valence-electron chi connectivity index (χ3n) is 5.44. The quantitative estimate of drug-likeness (QED) is 0.627. The lowest BCUT2D eigenvalue weighted by Crippen LogP contribution is -2.39. The molecule has 3 aromatic rings. The second kappa shape index (κ2) is 8.97. The van der Waals surface area contributed by atoms with E-state index in [1.807, 2.05) is 59.8 Å². The third kappa shape index (κ3) is 4.39. The normalized spacial score (nSPS) is 17.5. The van der Waals surface area contributed by atoms with Crippen LogP contribution in [0.3, 0.4) is 0 Å². The molecular formula is C22H27N5O. The molecule has 146 valence electrons. The lowest BCUT2D eigenvalue weighted by atomic mass is 9.99. The minimum atomic E-state index is 0.590. The number of aromatic nitrogens is 4. The number of para-hydroxylation sites is 1. The molecule has 0 amide bonds. The minimum Gasteiger partial charge on any atom is -0.496 e. The summed E-state index contributed by atoms with van der Waals surface area (Å²) in [5, 5.41) is 4.33. The molecule has 4 rings (SSSR count). The van der Waals surface area contributed by atoms with E-state index in [0.717, 1.165) is 42.9 Å². The summed E-state index contributed by atoms with van der Waals surface area (Å²) in [6.45, 7) is 3.01. The molecule has 0 spiro atoms. The predicted octanol–water partition coefficient (Wildman–Crippen LogP) is 3.79. The highest BCUT2D eigenvalue weighted by atomic mass is 16.5. The summed E-state index contributed by atoms with van der Waals surface area (Å²) < 4.78 is 7.45. The van der Waals surface area contributed by atoms with Crippen LogP contribution in [0, 0.1) is 0 Å². The van der Waals surface area contributed by atoms with Crippen molar-refractivity contribution in [1.82, 2.24) is 24.6 Å². The van der Waals surface area contributed by atoms with Crippen molar-refractivity contribution in [2.24, 2.45) is 0 Å². The zero-order valence-electron chi connectivity index (χ0n) is 16.4. The maximum Gasteiger partial charge on any atom is 0.162 e. The Labute approximate surface area is 166 Å². The molecule has 0 aliphatic carbocycles. The number of piperidine rings is 1. The molecule has 1 atom stereocenters. The first-order chi connectivity index (χ1) is 13.8. The van der Waals surface area contributed by atoms with Crippen molar-refractivity contribution in [2.75, 3.05) is 13.7 Å². The average Bonchev–Trinajstić information content (AvgIpc) is 3.27. The Balaban J connectivity index is 1.42. The van der Waals surface area contributed by atoms with Gasteiger partial charge in [0.1, 0.15) is 5.75 Å². The summed E-state index contributed by atoms with van der Waals surface area (Å²) in [6, 6.07) is 10.4. The summed E-state index contributed by atoms with van der Waals surface area (Å²) in [7, 11) is 1.67. The van der Waals surface area contributed by atoms with E-state index in [0.29, 0.717) is 11.9 Å². The van der Waals surface area contributed by atoms with Gasteiger partial charge in [-0.2, -0.15) is 5.10 Å². The minimum absolute atomic E-state index is 0.590. The largest absolute Gasteiger partial charge is 0.496 e. The van der Waals surface area contributed by atoms with E-state index in [2.05, 4.69) is 20.0 Å². The first-order valence-corrected chi connectivity index (χ1v) is 9.99. The zero-order valence-corrected chi connectivity index (χ0v) is 16.4. The molecule has 1 aromatic carbocycles. The van der Waals surface area contributed by atoms with Crippen molar-refractivity contribution in [3.8, 4) is 17.1 Å². The van der Waals surface area contributed by atoms with Gasteiger partial charge in [0.15, 0.2) is 5.82 Å². The molecule has 1 aliphatic rings. The first-order valence-electron chi connectivity index (χ1n) is 9.99. The number of rotatable bonds is 7. The third-order valence-corrected chi connectivity index (χ3v) is 5.44. The van der Waals surface area contributed by atoms with E-state index in [4.69, 9.17) is 4.74 Å². The van der Waals surface area contributed by atoms with Crippen molar-refractivity contribution >= 4 is 0 Å². The molecule has 6 heteroatoms. The van der Waals surface area contributed by atoms with Crippen LogP contribution in [0.4, 0.5) is 0 Å². The van der Waals surface area contributed by atoms with Gasteiger partial charge in [-0.05, 0) is 44.0 Å². The van der Waals surface area contributed by atoms with Crippen molar-refractivity contribution in [3.05, 3.63) is 60.7 Å². The standard InChI is InChI=1S/C22H27N5O/c1-28-21-9-3-2-8-20(21)22-23-15-18(16-24-22)17-26-12-5-4-7-19(26)10-14-27-13-6-11-25-27/h2-3,6,8-9,11,13,15-16,19H,4-5,7,10,12,14,17H2,1H3. The van der Waals surface area contributed by atoms with E-state index in [-0.39, 0.29) is 0 Å². The van der Waals surface area contributed by atoms with Crippen LogP contribution in [0.1, 0.15) is 31.2 Å². The molecule has 3 heterocycles. The van der Waals surface area contributed by atoms with Gasteiger partial charge in [-0.3, -0.25) is 9.58 Å². The zero-order chi connectivity index (χ0) is 19.2. The highest BCUT2D eigenvalue weighted by molar-refractivity contribution is 5.63. The summed E-state index contributed by atoms with van der Waals surface area (Å²) in [6.07, 6.45) is 12.7. The van der Waals surface area contributed by atoms with Crippen LogP contribution >= 0.6 is 0 Å². The maximum atomic E-state index is 5.43. The predicted molar refractivity (Wildman–Crippen MR) is 109 cm³/mol. The fraction of sp³-hybridized carbons (Fsp3) is 0.409. The monoisotopic (exact) mass is 377 g/mol. The van der Waals surface area contributed by atoms with Crippen LogP contribution in [0.2, 0.25) is 0 Å². The van der Waals surface area contributed by atoms with E-state index >= 15 is 0 Å². The molecule has 1 saturated heterocycles. The molecule has 28 heavy (non-hydrogen) atoms. The Morgan fingerprint density at radius 2 is 1.96 bits per heavy atom.